The minimum absolute atomic E-state index is 0.101. The summed E-state index contributed by atoms with van der Waals surface area (Å²) in [6.07, 6.45) is -0.842. The Balaban J connectivity index is 1.81. The number of alkyl halides is 3. The quantitative estimate of drug-likeness (QED) is 0.920. The van der Waals surface area contributed by atoms with Crippen LogP contribution in [-0.2, 0) is 13.2 Å². The molecule has 2 aromatic rings. The molecular weight excluding hydrogens is 309 g/mol. The molecule has 1 aliphatic rings. The molecule has 0 aromatic carbocycles. The van der Waals surface area contributed by atoms with Gasteiger partial charge in [-0.1, -0.05) is 5.21 Å². The summed E-state index contributed by atoms with van der Waals surface area (Å²) in [6, 6.07) is 1.15. The Morgan fingerprint density at radius 1 is 1.35 bits per heavy atom. The average Bonchev–Trinajstić information content (AvgIpc) is 3.04. The zero-order chi connectivity index (χ0) is 16.8. The molecule has 1 fully saturated rings. The Kier molecular flexibility index (Phi) is 3.70. The number of aryl methyl sites for hydroxylation is 1. The molecule has 1 atom stereocenters. The highest BCUT2D eigenvalue weighted by atomic mass is 19.4. The van der Waals surface area contributed by atoms with E-state index in [9.17, 15) is 13.2 Å². The Bertz CT molecular complexity index is 690. The molecule has 1 aliphatic heterocycles. The van der Waals surface area contributed by atoms with Crippen molar-refractivity contribution in [3.63, 3.8) is 0 Å². The number of halogens is 3. The summed E-state index contributed by atoms with van der Waals surface area (Å²) < 4.78 is 41.1. The minimum atomic E-state index is -4.47. The lowest BCUT2D eigenvalue weighted by Crippen LogP contribution is -2.47. The van der Waals surface area contributed by atoms with Crippen LogP contribution in [0.1, 0.15) is 38.4 Å². The van der Waals surface area contributed by atoms with Crippen molar-refractivity contribution in [1.82, 2.24) is 30.1 Å². The van der Waals surface area contributed by atoms with Crippen molar-refractivity contribution in [2.75, 3.05) is 6.54 Å². The minimum Gasteiger partial charge on any atom is -0.310 e. The molecule has 0 amide bonds. The van der Waals surface area contributed by atoms with Crippen molar-refractivity contribution < 1.29 is 13.2 Å². The summed E-state index contributed by atoms with van der Waals surface area (Å²) in [4.78, 5) is 0. The fourth-order valence-electron chi connectivity index (χ4n) is 2.76. The van der Waals surface area contributed by atoms with Gasteiger partial charge in [-0.15, -0.1) is 5.10 Å². The fraction of sp³-hybridized carbons (Fsp3) is 0.643. The van der Waals surface area contributed by atoms with E-state index in [2.05, 4.69) is 34.6 Å². The highest BCUT2D eigenvalue weighted by Gasteiger charge is 2.35. The van der Waals surface area contributed by atoms with Crippen LogP contribution in [0.15, 0.2) is 12.3 Å². The third-order valence-corrected chi connectivity index (χ3v) is 4.24. The van der Waals surface area contributed by atoms with Crippen LogP contribution in [-0.4, -0.2) is 36.9 Å². The van der Waals surface area contributed by atoms with Gasteiger partial charge in [0.05, 0.1) is 17.9 Å². The van der Waals surface area contributed by atoms with E-state index < -0.39 is 11.9 Å². The van der Waals surface area contributed by atoms with E-state index in [4.69, 9.17) is 0 Å². The Labute approximate surface area is 131 Å². The van der Waals surface area contributed by atoms with Gasteiger partial charge in [-0.3, -0.25) is 4.68 Å². The van der Waals surface area contributed by atoms with Gasteiger partial charge >= 0.3 is 6.18 Å². The van der Waals surface area contributed by atoms with Gasteiger partial charge in [-0.2, -0.15) is 18.3 Å². The Hall–Kier alpha value is -1.90. The lowest BCUT2D eigenvalue weighted by Gasteiger charge is -2.35. The zero-order valence-corrected chi connectivity index (χ0v) is 13.2. The van der Waals surface area contributed by atoms with Crippen LogP contribution in [0.4, 0.5) is 13.2 Å². The van der Waals surface area contributed by atoms with Gasteiger partial charge in [0.1, 0.15) is 5.69 Å². The molecule has 126 valence electrons. The van der Waals surface area contributed by atoms with Crippen molar-refractivity contribution in [2.45, 2.75) is 44.4 Å². The lowest BCUT2D eigenvalue weighted by molar-refractivity contribution is -0.141. The molecule has 0 radical (unpaired) electrons. The molecule has 3 rings (SSSR count). The standard InChI is InChI=1S/C14H19F3N6/c1-13(2)5-4-9(7-18-13)23-8-10(19-21-23)11-6-12(14(15,16)17)20-22(11)3/h6,8-9,18H,4-5,7H2,1-3H3. The molecule has 23 heavy (non-hydrogen) atoms. The first kappa shape index (κ1) is 16.0. The summed E-state index contributed by atoms with van der Waals surface area (Å²) in [5.41, 5.74) is -0.137. The van der Waals surface area contributed by atoms with E-state index in [1.807, 2.05) is 0 Å². The summed E-state index contributed by atoms with van der Waals surface area (Å²) >= 11 is 0. The maximum Gasteiger partial charge on any atom is 0.435 e. The van der Waals surface area contributed by atoms with E-state index in [0.717, 1.165) is 25.5 Å². The first-order chi connectivity index (χ1) is 10.7. The van der Waals surface area contributed by atoms with Crippen LogP contribution >= 0.6 is 0 Å². The van der Waals surface area contributed by atoms with Crippen molar-refractivity contribution in [1.29, 1.82) is 0 Å². The van der Waals surface area contributed by atoms with Gasteiger partial charge in [0, 0.05) is 19.1 Å². The number of nitrogens with zero attached hydrogens (tertiary/aromatic N) is 5. The first-order valence-electron chi connectivity index (χ1n) is 7.44. The molecular formula is C14H19F3N6. The van der Waals surface area contributed by atoms with E-state index in [0.29, 0.717) is 11.4 Å². The summed E-state index contributed by atoms with van der Waals surface area (Å²) in [6.45, 7) is 5.05. The van der Waals surface area contributed by atoms with Crippen LogP contribution in [0.5, 0.6) is 0 Å². The van der Waals surface area contributed by atoms with Gasteiger partial charge in [0.15, 0.2) is 5.69 Å². The number of piperidine rings is 1. The maximum absolute atomic E-state index is 12.7. The molecule has 6 nitrogen and oxygen atoms in total. The predicted molar refractivity (Wildman–Crippen MR) is 77.6 cm³/mol. The van der Waals surface area contributed by atoms with Crippen LogP contribution in [0.3, 0.4) is 0 Å². The molecule has 9 heteroatoms. The van der Waals surface area contributed by atoms with E-state index in [1.54, 1.807) is 10.9 Å². The third-order valence-electron chi connectivity index (χ3n) is 4.24. The first-order valence-corrected chi connectivity index (χ1v) is 7.44. The normalized spacial score (nSPS) is 21.6. The largest absolute Gasteiger partial charge is 0.435 e. The molecule has 1 N–H and O–H groups in total. The van der Waals surface area contributed by atoms with E-state index in [1.165, 1.54) is 11.7 Å². The summed E-state index contributed by atoms with van der Waals surface area (Å²) in [5, 5.41) is 15.0. The lowest BCUT2D eigenvalue weighted by atomic mass is 9.91. The number of rotatable bonds is 2. The highest BCUT2D eigenvalue weighted by molar-refractivity contribution is 5.53. The highest BCUT2D eigenvalue weighted by Crippen LogP contribution is 2.31. The zero-order valence-electron chi connectivity index (χ0n) is 13.2. The summed E-state index contributed by atoms with van der Waals surface area (Å²) in [5.74, 6) is 0. The molecule has 0 spiro atoms. The number of hydrogen-bond acceptors (Lipinski definition) is 4. The summed E-state index contributed by atoms with van der Waals surface area (Å²) in [7, 11) is 1.47. The third kappa shape index (κ3) is 3.24. The smallest absolute Gasteiger partial charge is 0.310 e. The second kappa shape index (κ2) is 5.33. The van der Waals surface area contributed by atoms with Gasteiger partial charge in [-0.25, -0.2) is 4.68 Å². The average molecular weight is 328 g/mol. The van der Waals surface area contributed by atoms with Gasteiger partial charge < -0.3 is 5.32 Å². The maximum atomic E-state index is 12.7. The SMILES string of the molecule is Cn1nc(C(F)(F)F)cc1-c1cn(C2CCC(C)(C)NC2)nn1. The monoisotopic (exact) mass is 328 g/mol. The predicted octanol–water partition coefficient (Wildman–Crippen LogP) is 2.40. The van der Waals surface area contributed by atoms with Crippen molar-refractivity contribution >= 4 is 0 Å². The molecule has 3 heterocycles. The van der Waals surface area contributed by atoms with Crippen molar-refractivity contribution in [2.24, 2.45) is 7.05 Å². The van der Waals surface area contributed by atoms with Crippen LogP contribution in [0.2, 0.25) is 0 Å². The van der Waals surface area contributed by atoms with Crippen LogP contribution in [0, 0.1) is 0 Å². The van der Waals surface area contributed by atoms with Crippen LogP contribution < -0.4 is 5.32 Å². The second-order valence-electron chi connectivity index (χ2n) is 6.58. The molecule has 1 saturated heterocycles. The van der Waals surface area contributed by atoms with Gasteiger partial charge in [0.2, 0.25) is 0 Å². The van der Waals surface area contributed by atoms with Crippen molar-refractivity contribution in [3.8, 4) is 11.4 Å². The second-order valence-corrected chi connectivity index (χ2v) is 6.58. The fourth-order valence-corrected chi connectivity index (χ4v) is 2.76. The molecule has 0 bridgehead atoms. The molecule has 2 aromatic heterocycles. The van der Waals surface area contributed by atoms with E-state index in [-0.39, 0.29) is 11.6 Å². The van der Waals surface area contributed by atoms with Gasteiger partial charge in [-0.05, 0) is 32.8 Å². The molecule has 1 unspecified atom stereocenters. The number of hydrogen-bond donors (Lipinski definition) is 1. The van der Waals surface area contributed by atoms with E-state index >= 15 is 0 Å². The van der Waals surface area contributed by atoms with Gasteiger partial charge in [0.25, 0.3) is 0 Å². The number of aromatic nitrogens is 5. The topological polar surface area (TPSA) is 60.6 Å². The van der Waals surface area contributed by atoms with Crippen LogP contribution in [0.25, 0.3) is 11.4 Å². The molecule has 0 aliphatic carbocycles. The Morgan fingerprint density at radius 2 is 2.09 bits per heavy atom. The number of nitrogens with one attached hydrogen (secondary N) is 1. The van der Waals surface area contributed by atoms with Crippen molar-refractivity contribution in [3.05, 3.63) is 18.0 Å². The molecule has 0 saturated carbocycles. The Morgan fingerprint density at radius 3 is 2.65 bits per heavy atom.